The first-order valence-corrected chi connectivity index (χ1v) is 5.25. The Kier molecular flexibility index (Phi) is 4.07. The molecular weight excluding hydrogens is 180 g/mol. The summed E-state index contributed by atoms with van der Waals surface area (Å²) in [6.07, 6.45) is 4.47. The molecule has 0 spiro atoms. The van der Waals surface area contributed by atoms with E-state index in [1.54, 1.807) is 0 Å². The van der Waals surface area contributed by atoms with E-state index in [-0.39, 0.29) is 6.04 Å². The van der Waals surface area contributed by atoms with Crippen LogP contribution in [0, 0.1) is 0 Å². The third kappa shape index (κ3) is 3.46. The highest BCUT2D eigenvalue weighted by atomic mass is 16.2. The second-order valence-electron chi connectivity index (χ2n) is 3.86. The van der Waals surface area contributed by atoms with Crippen molar-refractivity contribution in [1.82, 2.24) is 5.32 Å². The highest BCUT2D eigenvalue weighted by molar-refractivity contribution is 6.38. The predicted octanol–water partition coefficient (Wildman–Crippen LogP) is 0.352. The van der Waals surface area contributed by atoms with Crippen molar-refractivity contribution in [3.05, 3.63) is 0 Å². The van der Waals surface area contributed by atoms with Gasteiger partial charge in [0.05, 0.1) is 6.04 Å². The SMILES string of the molecule is CCCC[C@H](N)C(=O)C(=O)NC1CC1. The van der Waals surface area contributed by atoms with E-state index in [1.807, 2.05) is 6.92 Å². The summed E-state index contributed by atoms with van der Waals surface area (Å²) in [5, 5.41) is 2.64. The van der Waals surface area contributed by atoms with E-state index in [9.17, 15) is 9.59 Å². The van der Waals surface area contributed by atoms with Crippen LogP contribution in [0.25, 0.3) is 0 Å². The normalized spacial score (nSPS) is 17.6. The summed E-state index contributed by atoms with van der Waals surface area (Å²) in [6, 6.07) is -0.390. The Hall–Kier alpha value is -0.900. The molecule has 0 radical (unpaired) electrons. The summed E-state index contributed by atoms with van der Waals surface area (Å²) in [4.78, 5) is 22.6. The Morgan fingerprint density at radius 1 is 1.50 bits per heavy atom. The Morgan fingerprint density at radius 3 is 2.64 bits per heavy atom. The third-order valence-electron chi connectivity index (χ3n) is 2.34. The molecular formula is C10H18N2O2. The molecule has 0 aromatic carbocycles. The fraction of sp³-hybridized carbons (Fsp3) is 0.800. The van der Waals surface area contributed by atoms with Gasteiger partial charge < -0.3 is 11.1 Å². The van der Waals surface area contributed by atoms with Crippen molar-refractivity contribution in [2.24, 2.45) is 5.73 Å². The second-order valence-corrected chi connectivity index (χ2v) is 3.86. The molecule has 0 aromatic heterocycles. The average molecular weight is 198 g/mol. The first-order chi connectivity index (χ1) is 6.65. The zero-order valence-corrected chi connectivity index (χ0v) is 8.58. The molecule has 0 saturated heterocycles. The van der Waals surface area contributed by atoms with Gasteiger partial charge in [0.1, 0.15) is 0 Å². The van der Waals surface area contributed by atoms with Crippen molar-refractivity contribution in [2.45, 2.75) is 51.1 Å². The van der Waals surface area contributed by atoms with Crippen molar-refractivity contribution in [3.8, 4) is 0 Å². The van der Waals surface area contributed by atoms with Crippen LogP contribution in [0.15, 0.2) is 0 Å². The van der Waals surface area contributed by atoms with E-state index in [1.165, 1.54) is 0 Å². The minimum absolute atomic E-state index is 0.227. The number of unbranched alkanes of at least 4 members (excludes halogenated alkanes) is 1. The van der Waals surface area contributed by atoms with Crippen LogP contribution in [0.1, 0.15) is 39.0 Å². The maximum atomic E-state index is 11.4. The lowest BCUT2D eigenvalue weighted by molar-refractivity contribution is -0.138. The number of hydrogen-bond acceptors (Lipinski definition) is 3. The molecule has 0 unspecified atom stereocenters. The zero-order valence-electron chi connectivity index (χ0n) is 8.58. The standard InChI is InChI=1S/C10H18N2O2/c1-2-3-4-8(11)9(13)10(14)12-7-5-6-7/h7-8H,2-6,11H2,1H3,(H,12,14)/t8-/m0/s1. The maximum absolute atomic E-state index is 11.4. The van der Waals surface area contributed by atoms with Gasteiger partial charge in [-0.15, -0.1) is 0 Å². The van der Waals surface area contributed by atoms with Crippen LogP contribution in [0.5, 0.6) is 0 Å². The van der Waals surface area contributed by atoms with Gasteiger partial charge >= 0.3 is 0 Å². The molecule has 1 fully saturated rings. The molecule has 80 valence electrons. The Morgan fingerprint density at radius 2 is 2.14 bits per heavy atom. The minimum Gasteiger partial charge on any atom is -0.347 e. The summed E-state index contributed by atoms with van der Waals surface area (Å²) in [5.74, 6) is -0.971. The molecule has 3 N–H and O–H groups in total. The summed E-state index contributed by atoms with van der Waals surface area (Å²) in [6.45, 7) is 2.03. The van der Waals surface area contributed by atoms with Gasteiger partial charge in [-0.1, -0.05) is 19.8 Å². The molecule has 1 aliphatic carbocycles. The number of amides is 1. The molecule has 0 aliphatic heterocycles. The molecule has 1 atom stereocenters. The smallest absolute Gasteiger partial charge is 0.289 e. The largest absolute Gasteiger partial charge is 0.347 e. The molecule has 1 saturated carbocycles. The Bertz CT molecular complexity index is 224. The number of carbonyl (C=O) groups is 2. The van der Waals surface area contributed by atoms with Crippen LogP contribution in [-0.2, 0) is 9.59 Å². The molecule has 1 aliphatic rings. The number of rotatable bonds is 6. The highest BCUT2D eigenvalue weighted by Gasteiger charge is 2.28. The lowest BCUT2D eigenvalue weighted by Gasteiger charge is -2.09. The summed E-state index contributed by atoms with van der Waals surface area (Å²) >= 11 is 0. The second kappa shape index (κ2) is 5.10. The molecule has 1 rings (SSSR count). The van der Waals surface area contributed by atoms with E-state index in [4.69, 9.17) is 5.73 Å². The quantitative estimate of drug-likeness (QED) is 0.605. The Balaban J connectivity index is 2.26. The number of nitrogens with two attached hydrogens (primary N) is 1. The third-order valence-corrected chi connectivity index (χ3v) is 2.34. The number of Topliss-reactive ketones (excluding diaryl/α,β-unsaturated/α-hetero) is 1. The predicted molar refractivity (Wildman–Crippen MR) is 53.7 cm³/mol. The molecule has 14 heavy (non-hydrogen) atoms. The fourth-order valence-electron chi connectivity index (χ4n) is 1.21. The topological polar surface area (TPSA) is 72.2 Å². The van der Waals surface area contributed by atoms with Gasteiger partial charge in [-0.25, -0.2) is 0 Å². The molecule has 0 bridgehead atoms. The summed E-state index contributed by atoms with van der Waals surface area (Å²) in [7, 11) is 0. The van der Waals surface area contributed by atoms with Crippen LogP contribution in [0.4, 0.5) is 0 Å². The van der Waals surface area contributed by atoms with Gasteiger partial charge in [0.15, 0.2) is 0 Å². The van der Waals surface area contributed by atoms with Crippen LogP contribution in [0.2, 0.25) is 0 Å². The van der Waals surface area contributed by atoms with E-state index in [0.717, 1.165) is 25.7 Å². The summed E-state index contributed by atoms with van der Waals surface area (Å²) < 4.78 is 0. The number of hydrogen-bond donors (Lipinski definition) is 2. The highest BCUT2D eigenvalue weighted by Crippen LogP contribution is 2.18. The molecule has 1 amide bonds. The van der Waals surface area contributed by atoms with E-state index >= 15 is 0 Å². The average Bonchev–Trinajstić information content (AvgIpc) is 2.96. The Labute approximate surface area is 84.2 Å². The van der Waals surface area contributed by atoms with E-state index in [2.05, 4.69) is 5.32 Å². The lowest BCUT2D eigenvalue weighted by Crippen LogP contribution is -2.43. The molecule has 4 heteroatoms. The van der Waals surface area contributed by atoms with Crippen LogP contribution < -0.4 is 11.1 Å². The zero-order chi connectivity index (χ0) is 10.6. The van der Waals surface area contributed by atoms with Crippen LogP contribution in [0.3, 0.4) is 0 Å². The monoisotopic (exact) mass is 198 g/mol. The van der Waals surface area contributed by atoms with Gasteiger partial charge in [-0.3, -0.25) is 9.59 Å². The fourth-order valence-corrected chi connectivity index (χ4v) is 1.21. The van der Waals surface area contributed by atoms with Gasteiger partial charge in [-0.05, 0) is 19.3 Å². The van der Waals surface area contributed by atoms with Crippen molar-refractivity contribution in [2.75, 3.05) is 0 Å². The van der Waals surface area contributed by atoms with Gasteiger partial charge in [0, 0.05) is 6.04 Å². The minimum atomic E-state index is -0.617. The van der Waals surface area contributed by atoms with Gasteiger partial charge in [0.2, 0.25) is 5.78 Å². The van der Waals surface area contributed by atoms with Crippen molar-refractivity contribution < 1.29 is 9.59 Å². The lowest BCUT2D eigenvalue weighted by atomic mass is 10.1. The van der Waals surface area contributed by atoms with Gasteiger partial charge in [-0.2, -0.15) is 0 Å². The number of ketones is 1. The maximum Gasteiger partial charge on any atom is 0.289 e. The first-order valence-electron chi connectivity index (χ1n) is 5.25. The van der Waals surface area contributed by atoms with Crippen LogP contribution in [-0.4, -0.2) is 23.8 Å². The van der Waals surface area contributed by atoms with Crippen LogP contribution >= 0.6 is 0 Å². The van der Waals surface area contributed by atoms with Crippen molar-refractivity contribution in [3.63, 3.8) is 0 Å². The molecule has 0 heterocycles. The summed E-state index contributed by atoms with van der Waals surface area (Å²) in [5.41, 5.74) is 5.59. The van der Waals surface area contributed by atoms with Crippen molar-refractivity contribution in [1.29, 1.82) is 0 Å². The number of carbonyl (C=O) groups excluding carboxylic acids is 2. The van der Waals surface area contributed by atoms with Gasteiger partial charge in [0.25, 0.3) is 5.91 Å². The van der Waals surface area contributed by atoms with E-state index < -0.39 is 17.7 Å². The van der Waals surface area contributed by atoms with E-state index in [0.29, 0.717) is 6.42 Å². The molecule has 4 nitrogen and oxygen atoms in total. The molecule has 0 aromatic rings. The van der Waals surface area contributed by atoms with Crippen molar-refractivity contribution >= 4 is 11.7 Å². The first kappa shape index (κ1) is 11.2. The number of nitrogens with one attached hydrogen (secondary N) is 1.